The number of aromatic nitrogens is 7. The maximum atomic E-state index is 6.60. The summed E-state index contributed by atoms with van der Waals surface area (Å²) in [7, 11) is 2.11. The molecular formula is C82H45N7O4S+6. The Morgan fingerprint density at radius 3 is 1.40 bits per heavy atom. The first kappa shape index (κ1) is 47.8. The summed E-state index contributed by atoms with van der Waals surface area (Å²) < 4.78 is 42.4. The smallest absolute Gasteiger partial charge is 0.425 e. The van der Waals surface area contributed by atoms with Gasteiger partial charge in [0, 0.05) is 92.4 Å². The summed E-state index contributed by atoms with van der Waals surface area (Å²) in [4.78, 5) is 0. The average Bonchev–Trinajstić information content (AvgIpc) is 1.49. The van der Waals surface area contributed by atoms with Gasteiger partial charge < -0.3 is 18.6 Å². The fourth-order valence-electron chi connectivity index (χ4n) is 19.6. The van der Waals surface area contributed by atoms with Crippen molar-refractivity contribution in [2.45, 2.75) is 17.0 Å². The average molecular weight is 1220 g/mol. The first-order valence-corrected chi connectivity index (χ1v) is 33.0. The van der Waals surface area contributed by atoms with Crippen molar-refractivity contribution in [3.63, 3.8) is 0 Å². The lowest BCUT2D eigenvalue weighted by Gasteiger charge is -2.31. The molecule has 3 spiro atoms. The van der Waals surface area contributed by atoms with E-state index >= 15 is 0 Å². The van der Waals surface area contributed by atoms with E-state index in [0.717, 1.165) is 45.3 Å². The lowest BCUT2D eigenvalue weighted by molar-refractivity contribution is -0.950. The topological polar surface area (TPSA) is 69.0 Å². The number of aryl methyl sites for hydroxylation is 1. The van der Waals surface area contributed by atoms with Crippen LogP contribution in [0.1, 0.15) is 33.4 Å². The minimum absolute atomic E-state index is 0.459. The Morgan fingerprint density at radius 1 is 0.340 bits per heavy atom. The largest absolute Gasteiger partial charge is 0.471 e. The monoisotopic (exact) mass is 1220 g/mol. The van der Waals surface area contributed by atoms with Gasteiger partial charge in [0.25, 0.3) is 0 Å². The SMILES string of the molecule is C[n+]1cc2c(c1)c1cccn3c1c1c4c(ccc21)Oc1cccc2c1C43[n+]1ccccc1-2.c1cc2c3c(c1)-c1cccc[n+]1C31c3c(ccc4c5cocc5c5ccc[n+]1c5c34)O2.c1cc2c3c(c1)-c1cccc[n+]1C31c3c(ccc4c5cscc5c5ccc[n+]1c5c34)O2. The Hall–Kier alpha value is -12.1. The van der Waals surface area contributed by atoms with Crippen molar-refractivity contribution in [3.8, 4) is 68.3 Å². The van der Waals surface area contributed by atoms with Gasteiger partial charge in [-0.1, -0.05) is 24.3 Å². The van der Waals surface area contributed by atoms with E-state index in [2.05, 4.69) is 281 Å². The van der Waals surface area contributed by atoms with Crippen LogP contribution >= 0.6 is 11.3 Å². The summed E-state index contributed by atoms with van der Waals surface area (Å²) in [5.41, 5.74) is 17.2. The third kappa shape index (κ3) is 4.86. The van der Waals surface area contributed by atoms with Crippen molar-refractivity contribution in [3.05, 3.63) is 288 Å². The maximum absolute atomic E-state index is 6.60. The van der Waals surface area contributed by atoms with Gasteiger partial charge in [-0.05, 0) is 131 Å². The number of furan rings is 1. The Bertz CT molecular complexity index is 6570. The normalized spacial score (nSPS) is 18.6. The van der Waals surface area contributed by atoms with Crippen molar-refractivity contribution in [2.24, 2.45) is 7.05 Å². The fourth-order valence-corrected chi connectivity index (χ4v) is 20.4. The van der Waals surface area contributed by atoms with Gasteiger partial charge in [0.1, 0.15) is 52.7 Å². The van der Waals surface area contributed by atoms with Gasteiger partial charge in [-0.3, -0.25) is 4.57 Å². The highest BCUT2D eigenvalue weighted by atomic mass is 32.1. The Morgan fingerprint density at radius 2 is 0.798 bits per heavy atom. The number of nitrogens with zero attached hydrogens (tertiary/aromatic N) is 7. The van der Waals surface area contributed by atoms with Crippen LogP contribution in [0.5, 0.6) is 34.5 Å². The van der Waals surface area contributed by atoms with Crippen molar-refractivity contribution in [1.82, 2.24) is 4.57 Å². The van der Waals surface area contributed by atoms with Crippen molar-refractivity contribution >= 4 is 109 Å². The molecule has 432 valence electrons. The Kier molecular flexibility index (Phi) is 7.93. The zero-order valence-electron chi connectivity index (χ0n) is 49.9. The summed E-state index contributed by atoms with van der Waals surface area (Å²) in [5.74, 6) is 5.66. The van der Waals surface area contributed by atoms with E-state index in [4.69, 9.17) is 18.6 Å². The van der Waals surface area contributed by atoms with Gasteiger partial charge in [-0.15, -0.1) is 18.3 Å². The highest BCUT2D eigenvalue weighted by molar-refractivity contribution is 7.09. The van der Waals surface area contributed by atoms with E-state index < -0.39 is 17.0 Å². The van der Waals surface area contributed by atoms with Crippen LogP contribution in [0, 0.1) is 0 Å². The van der Waals surface area contributed by atoms with Gasteiger partial charge in [0.15, 0.2) is 65.6 Å². The molecule has 0 saturated carbocycles. The number of hydrogen-bond acceptors (Lipinski definition) is 5. The Labute approximate surface area is 536 Å². The molecule has 3 unspecified atom stereocenters. The van der Waals surface area contributed by atoms with Crippen LogP contribution < -0.4 is 41.6 Å². The van der Waals surface area contributed by atoms with E-state index in [1.807, 2.05) is 12.5 Å². The van der Waals surface area contributed by atoms with Crippen LogP contribution in [-0.2, 0) is 24.0 Å². The number of ether oxygens (including phenoxy) is 3. The van der Waals surface area contributed by atoms with E-state index in [-0.39, 0.29) is 0 Å². The molecule has 0 saturated heterocycles. The van der Waals surface area contributed by atoms with Crippen LogP contribution in [0.4, 0.5) is 0 Å². The van der Waals surface area contributed by atoms with Crippen molar-refractivity contribution < 1.29 is 46.0 Å². The van der Waals surface area contributed by atoms with Gasteiger partial charge in [0.2, 0.25) is 28.1 Å². The molecule has 12 heteroatoms. The molecule has 11 nitrogen and oxygen atoms in total. The third-order valence-corrected chi connectivity index (χ3v) is 23.3. The molecule has 18 aromatic rings. The van der Waals surface area contributed by atoms with Crippen molar-refractivity contribution in [2.75, 3.05) is 0 Å². The van der Waals surface area contributed by atoms with Gasteiger partial charge in [0.05, 0.1) is 67.1 Å². The number of hydrogen-bond donors (Lipinski definition) is 0. The number of rotatable bonds is 0. The minimum atomic E-state index is -0.493. The van der Waals surface area contributed by atoms with Crippen LogP contribution in [-0.4, -0.2) is 4.57 Å². The van der Waals surface area contributed by atoms with Crippen LogP contribution in [0.15, 0.2) is 259 Å². The van der Waals surface area contributed by atoms with Gasteiger partial charge in [-0.2, -0.15) is 15.9 Å². The maximum Gasteiger partial charge on any atom is 0.425 e. The molecule has 9 aromatic heterocycles. The second-order valence-electron chi connectivity index (χ2n) is 26.4. The van der Waals surface area contributed by atoms with Crippen molar-refractivity contribution in [1.29, 1.82) is 0 Å². The summed E-state index contributed by atoms with van der Waals surface area (Å²) in [5, 5.41) is 23.6. The quantitative estimate of drug-likeness (QED) is 0.112. The van der Waals surface area contributed by atoms with Crippen LogP contribution in [0.3, 0.4) is 0 Å². The summed E-state index contributed by atoms with van der Waals surface area (Å²) in [6, 6.07) is 65.2. The second-order valence-corrected chi connectivity index (χ2v) is 27.1. The van der Waals surface area contributed by atoms with E-state index in [1.54, 1.807) is 11.3 Å². The molecule has 9 aliphatic rings. The molecule has 27 rings (SSSR count). The van der Waals surface area contributed by atoms with E-state index in [0.29, 0.717) is 0 Å². The molecule has 0 fully saturated rings. The lowest BCUT2D eigenvalue weighted by atomic mass is 9.86. The molecule has 0 aliphatic carbocycles. The highest BCUT2D eigenvalue weighted by Gasteiger charge is 2.72. The lowest BCUT2D eigenvalue weighted by Crippen LogP contribution is -2.71. The third-order valence-electron chi connectivity index (χ3n) is 22.5. The first-order chi connectivity index (χ1) is 46.6. The van der Waals surface area contributed by atoms with Crippen LogP contribution in [0.25, 0.3) is 131 Å². The Balaban J connectivity index is 0.0000000855. The molecule has 0 N–H and O–H groups in total. The number of pyridine rings is 6. The number of fused-ring (bicyclic) bond motifs is 15. The van der Waals surface area contributed by atoms with Crippen LogP contribution in [0.2, 0.25) is 0 Å². The number of thiophene rings is 1. The summed E-state index contributed by atoms with van der Waals surface area (Å²) in [6.07, 6.45) is 21.6. The second kappa shape index (κ2) is 15.6. The van der Waals surface area contributed by atoms with E-state index in [1.165, 1.54) is 154 Å². The first-order valence-electron chi connectivity index (χ1n) is 32.0. The predicted octanol–water partition coefficient (Wildman–Crippen LogP) is 15.2. The zero-order valence-corrected chi connectivity index (χ0v) is 50.7. The molecule has 94 heavy (non-hydrogen) atoms. The van der Waals surface area contributed by atoms with Gasteiger partial charge >= 0.3 is 17.0 Å². The molecule has 0 amide bonds. The molecule has 18 heterocycles. The molecular weight excluding hydrogens is 1180 g/mol. The highest BCUT2D eigenvalue weighted by Crippen LogP contribution is 2.63. The molecule has 3 atom stereocenters. The molecule has 0 radical (unpaired) electrons. The zero-order chi connectivity index (χ0) is 60.6. The standard InChI is InChI=1S/C28H17N3O.C27H14N2O2.C27H14N2OS/c1-29-14-19-16-10-11-23-26-24(16)27-17(20(19)15-29)7-5-13-31(27)28(26)25-18(6-4-9-22(25)32-23)21-8-2-3-12-30(21)28;1-2-11-28-20(7-1)17-5-3-8-21-24(17)27(28)25-22(31-21)10-9-15-18-13-30-14-19(18)16-6-4-12-29(27)26(16)23(15)25;1-2-11-28-20(7-1)17-5-3-8-21-24(17)27(28)25-22(30-21)10-9-15-18-13-31-14-19(18)16-6-4-12-29(27)26(16)23(15)25/h2-15H,1H3;2*1-14H/q3*+2. The molecule has 9 aliphatic heterocycles. The van der Waals surface area contributed by atoms with Gasteiger partial charge in [-0.25, -0.2) is 4.57 Å². The fraction of sp³-hybridized carbons (Fsp3) is 0.0488. The molecule has 0 bridgehead atoms. The number of benzene rings is 9. The summed E-state index contributed by atoms with van der Waals surface area (Å²) >= 11 is 1.78. The predicted molar refractivity (Wildman–Crippen MR) is 358 cm³/mol. The minimum Gasteiger partial charge on any atom is -0.471 e. The molecule has 9 aromatic carbocycles. The van der Waals surface area contributed by atoms with E-state index in [9.17, 15) is 0 Å². The summed E-state index contributed by atoms with van der Waals surface area (Å²) in [6.45, 7) is 0.